The van der Waals surface area contributed by atoms with Gasteiger partial charge in [0.25, 0.3) is 17.8 Å². The number of imide groups is 1. The summed E-state index contributed by atoms with van der Waals surface area (Å²) in [4.78, 5) is 31.5. The summed E-state index contributed by atoms with van der Waals surface area (Å²) in [6, 6.07) is 7.08. The van der Waals surface area contributed by atoms with Crippen LogP contribution in [-0.2, 0) is 11.3 Å². The molecule has 3 amide bonds. The van der Waals surface area contributed by atoms with Crippen molar-refractivity contribution in [2.24, 2.45) is 4.99 Å². The highest BCUT2D eigenvalue weighted by molar-refractivity contribution is 9.18. The molecule has 7 heteroatoms. The van der Waals surface area contributed by atoms with Crippen LogP contribution in [0.2, 0.25) is 0 Å². The molecule has 1 fully saturated rings. The number of halogens is 1. The van der Waals surface area contributed by atoms with E-state index in [1.807, 2.05) is 35.8 Å². The Morgan fingerprint density at radius 1 is 1.23 bits per heavy atom. The number of rotatable bonds is 2. The van der Waals surface area contributed by atoms with Crippen molar-refractivity contribution >= 4 is 38.4 Å². The monoisotopic (exact) mass is 363 g/mol. The first-order valence-corrected chi connectivity index (χ1v) is 7.68. The molecule has 2 aliphatic rings. The molecule has 1 aromatic carbocycles. The lowest BCUT2D eigenvalue weighted by molar-refractivity contribution is -0.548. The van der Waals surface area contributed by atoms with Gasteiger partial charge >= 0.3 is 10.8 Å². The number of nitrogens with zero attached hydrogens (tertiary/aromatic N) is 4. The van der Waals surface area contributed by atoms with Crippen molar-refractivity contribution < 1.29 is 14.2 Å². The van der Waals surface area contributed by atoms with E-state index in [0.29, 0.717) is 17.1 Å². The van der Waals surface area contributed by atoms with Crippen LogP contribution in [0, 0.1) is 6.92 Å². The number of amidine groups is 2. The Morgan fingerprint density at radius 3 is 2.59 bits per heavy atom. The Kier molecular flexibility index (Phi) is 3.60. The van der Waals surface area contributed by atoms with Crippen LogP contribution in [0.3, 0.4) is 0 Å². The van der Waals surface area contributed by atoms with Gasteiger partial charge in [-0.1, -0.05) is 24.3 Å². The lowest BCUT2D eigenvalue weighted by Gasteiger charge is -2.30. The maximum absolute atomic E-state index is 12.5. The average Bonchev–Trinajstić information content (AvgIpc) is 2.82. The van der Waals surface area contributed by atoms with Gasteiger partial charge in [0, 0.05) is 14.1 Å². The minimum Gasteiger partial charge on any atom is -0.269 e. The zero-order valence-electron chi connectivity index (χ0n) is 12.6. The molecule has 0 spiro atoms. The Balaban J connectivity index is 1.98. The van der Waals surface area contributed by atoms with E-state index in [9.17, 15) is 9.59 Å². The number of aliphatic imine (C=N–C) groups is 1. The number of aryl methyl sites for hydroxylation is 1. The molecule has 1 unspecified atom stereocenters. The third-order valence-electron chi connectivity index (χ3n) is 4.08. The number of hydrogen-bond donors (Lipinski definition) is 0. The summed E-state index contributed by atoms with van der Waals surface area (Å²) in [5.41, 5.74) is 2.27. The van der Waals surface area contributed by atoms with Crippen LogP contribution in [0.15, 0.2) is 29.3 Å². The molecule has 22 heavy (non-hydrogen) atoms. The van der Waals surface area contributed by atoms with Crippen LogP contribution >= 0.6 is 15.9 Å². The van der Waals surface area contributed by atoms with Crippen molar-refractivity contribution in [3.8, 4) is 0 Å². The van der Waals surface area contributed by atoms with Crippen LogP contribution in [-0.4, -0.2) is 57.0 Å². The number of likely N-dealkylation sites (N-methyl/N-ethyl adjacent to an activating group) is 2. The van der Waals surface area contributed by atoms with Crippen LogP contribution in [0.25, 0.3) is 0 Å². The zero-order chi connectivity index (χ0) is 16.0. The van der Waals surface area contributed by atoms with Crippen molar-refractivity contribution in [2.75, 3.05) is 14.1 Å². The van der Waals surface area contributed by atoms with E-state index in [2.05, 4.69) is 20.9 Å². The maximum atomic E-state index is 12.5. The fourth-order valence-electron chi connectivity index (χ4n) is 2.70. The summed E-state index contributed by atoms with van der Waals surface area (Å²) in [6.45, 7) is 2.58. The third-order valence-corrected chi connectivity index (χ3v) is 4.72. The molecule has 0 radical (unpaired) electrons. The molecule has 0 aliphatic carbocycles. The molecule has 6 nitrogen and oxygen atoms in total. The molecule has 114 valence electrons. The third kappa shape index (κ3) is 2.16. The standard InChI is InChI=1S/C15H16BrN4O2/c1-9-6-4-5-7-10(9)8-20-11-12(17-14(20)16)18(2)15(22)19(3)13(11)21/h4-7,11H,8H2,1-3H3/q+1. The van der Waals surface area contributed by atoms with Crippen molar-refractivity contribution in [3.63, 3.8) is 0 Å². The molecule has 0 bridgehead atoms. The lowest BCUT2D eigenvalue weighted by atomic mass is 10.1. The summed E-state index contributed by atoms with van der Waals surface area (Å²) in [5, 5.41) is 0. The van der Waals surface area contributed by atoms with Gasteiger partial charge in [0.2, 0.25) is 0 Å². The molecular formula is C15H16BrN4O2+. The molecule has 0 saturated carbocycles. The van der Waals surface area contributed by atoms with Gasteiger partial charge in [0.05, 0.1) is 15.9 Å². The summed E-state index contributed by atoms with van der Waals surface area (Å²) in [7, 11) is 3.13. The van der Waals surface area contributed by atoms with Gasteiger partial charge in [0.1, 0.15) is 6.54 Å². The Bertz CT molecular complexity index is 741. The number of amides is 3. The van der Waals surface area contributed by atoms with E-state index in [1.54, 1.807) is 7.05 Å². The SMILES string of the molecule is Cc1ccccc1C[N+]1=C(Br)N=C2C1C(=O)N(C)C(=O)N2C. The topological polar surface area (TPSA) is 56.0 Å². The highest BCUT2D eigenvalue weighted by Gasteiger charge is 2.52. The molecule has 3 rings (SSSR count). The van der Waals surface area contributed by atoms with E-state index in [1.165, 1.54) is 11.9 Å². The lowest BCUT2D eigenvalue weighted by Crippen LogP contribution is -2.61. The van der Waals surface area contributed by atoms with Gasteiger partial charge in [0.15, 0.2) is 0 Å². The highest BCUT2D eigenvalue weighted by Crippen LogP contribution is 2.22. The summed E-state index contributed by atoms with van der Waals surface area (Å²) in [5.74, 6) is 0.207. The first kappa shape index (κ1) is 14.9. The van der Waals surface area contributed by atoms with Crippen molar-refractivity contribution in [2.45, 2.75) is 19.5 Å². The number of urea groups is 1. The molecule has 0 N–H and O–H groups in total. The molecule has 1 aromatic rings. The smallest absolute Gasteiger partial charge is 0.269 e. The van der Waals surface area contributed by atoms with Crippen LogP contribution in [0.5, 0.6) is 0 Å². The minimum absolute atomic E-state index is 0.259. The van der Waals surface area contributed by atoms with Gasteiger partial charge in [-0.3, -0.25) is 14.6 Å². The Morgan fingerprint density at radius 2 is 1.91 bits per heavy atom. The number of benzene rings is 1. The molecule has 1 saturated heterocycles. The maximum Gasteiger partial charge on any atom is 0.365 e. The van der Waals surface area contributed by atoms with Gasteiger partial charge in [-0.15, -0.1) is 0 Å². The number of carbonyl (C=O) groups is 2. The van der Waals surface area contributed by atoms with Gasteiger partial charge in [-0.05, 0) is 23.0 Å². The minimum atomic E-state index is -0.568. The average molecular weight is 364 g/mol. The van der Waals surface area contributed by atoms with E-state index in [-0.39, 0.29) is 11.9 Å². The normalized spacial score (nSPS) is 21.5. The van der Waals surface area contributed by atoms with Crippen molar-refractivity contribution in [3.05, 3.63) is 35.4 Å². The van der Waals surface area contributed by atoms with Gasteiger partial charge < -0.3 is 0 Å². The zero-order valence-corrected chi connectivity index (χ0v) is 14.2. The summed E-state index contributed by atoms with van der Waals surface area (Å²) < 4.78 is 2.44. The van der Waals surface area contributed by atoms with Crippen LogP contribution in [0.1, 0.15) is 11.1 Å². The van der Waals surface area contributed by atoms with Crippen molar-refractivity contribution in [1.29, 1.82) is 0 Å². The van der Waals surface area contributed by atoms with Crippen molar-refractivity contribution in [1.82, 2.24) is 9.80 Å². The first-order valence-electron chi connectivity index (χ1n) is 6.89. The molecule has 1 atom stereocenters. The fourth-order valence-corrected chi connectivity index (χ4v) is 3.21. The second-order valence-corrected chi connectivity index (χ2v) is 6.14. The number of hydrogen-bond acceptors (Lipinski definition) is 3. The second kappa shape index (κ2) is 5.31. The Labute approximate surface area is 136 Å². The predicted octanol–water partition coefficient (Wildman–Crippen LogP) is 1.56. The van der Waals surface area contributed by atoms with E-state index in [0.717, 1.165) is 16.0 Å². The fraction of sp³-hybridized carbons (Fsp3) is 0.333. The van der Waals surface area contributed by atoms with Crippen LogP contribution < -0.4 is 0 Å². The molecular weight excluding hydrogens is 348 g/mol. The highest BCUT2D eigenvalue weighted by atomic mass is 79.9. The van der Waals surface area contributed by atoms with E-state index >= 15 is 0 Å². The van der Waals surface area contributed by atoms with E-state index < -0.39 is 6.04 Å². The molecule has 2 aliphatic heterocycles. The second-order valence-electron chi connectivity index (χ2n) is 5.43. The first-order chi connectivity index (χ1) is 10.4. The molecule has 2 heterocycles. The largest absolute Gasteiger partial charge is 0.365 e. The predicted molar refractivity (Wildman–Crippen MR) is 86.2 cm³/mol. The summed E-state index contributed by atoms with van der Waals surface area (Å²) >= 11 is 3.42. The number of carbonyl (C=O) groups excluding carboxylic acids is 2. The van der Waals surface area contributed by atoms with E-state index in [4.69, 9.17) is 0 Å². The Hall–Kier alpha value is -2.02. The van der Waals surface area contributed by atoms with Gasteiger partial charge in [-0.2, -0.15) is 0 Å². The number of fused-ring (bicyclic) bond motifs is 1. The quantitative estimate of drug-likeness (QED) is 0.591. The summed E-state index contributed by atoms with van der Waals surface area (Å²) in [6.07, 6.45) is 0. The van der Waals surface area contributed by atoms with Crippen LogP contribution in [0.4, 0.5) is 4.79 Å². The molecule has 0 aromatic heterocycles. The van der Waals surface area contributed by atoms with Gasteiger partial charge in [-0.25, -0.2) is 9.37 Å².